The fourth-order valence-electron chi connectivity index (χ4n) is 2.79. The molecule has 1 aliphatic rings. The number of fused-ring (bicyclic) bond motifs is 1. The van der Waals surface area contributed by atoms with Gasteiger partial charge in [0.15, 0.2) is 0 Å². The maximum Gasteiger partial charge on any atom is 0.239 e. The molecule has 26 heavy (non-hydrogen) atoms. The van der Waals surface area contributed by atoms with Crippen molar-refractivity contribution in [1.29, 1.82) is 0 Å². The van der Waals surface area contributed by atoms with Gasteiger partial charge in [-0.1, -0.05) is 13.8 Å². The molecule has 1 N–H and O–H groups in total. The Bertz CT molecular complexity index is 733. The Morgan fingerprint density at radius 3 is 2.65 bits per heavy atom. The summed E-state index contributed by atoms with van der Waals surface area (Å²) < 4.78 is 7.66. The first-order valence-electron chi connectivity index (χ1n) is 9.28. The van der Waals surface area contributed by atoms with Crippen molar-refractivity contribution in [3.63, 3.8) is 0 Å². The van der Waals surface area contributed by atoms with E-state index in [0.717, 1.165) is 28.4 Å². The number of ether oxygens (including phenoxy) is 1. The molecule has 0 spiro atoms. The van der Waals surface area contributed by atoms with Crippen molar-refractivity contribution in [1.82, 2.24) is 15.1 Å². The maximum absolute atomic E-state index is 12.1. The molecular formula is C20H30N4O2. The fourth-order valence-corrected chi connectivity index (χ4v) is 2.79. The van der Waals surface area contributed by atoms with Gasteiger partial charge in [0.05, 0.1) is 30.2 Å². The summed E-state index contributed by atoms with van der Waals surface area (Å²) in [6, 6.07) is 6.13. The van der Waals surface area contributed by atoms with Crippen LogP contribution in [0.3, 0.4) is 0 Å². The van der Waals surface area contributed by atoms with Gasteiger partial charge < -0.3 is 15.0 Å². The maximum atomic E-state index is 12.1. The summed E-state index contributed by atoms with van der Waals surface area (Å²) in [5.74, 6) is 0.821. The molecule has 1 aromatic carbocycles. The molecule has 0 unspecified atom stereocenters. The Hall–Kier alpha value is -2.50. The van der Waals surface area contributed by atoms with Crippen LogP contribution in [-0.2, 0) is 4.79 Å². The van der Waals surface area contributed by atoms with Crippen molar-refractivity contribution in [2.75, 3.05) is 24.6 Å². The van der Waals surface area contributed by atoms with Crippen LogP contribution in [-0.4, -0.2) is 41.4 Å². The van der Waals surface area contributed by atoms with E-state index in [-0.39, 0.29) is 11.9 Å². The summed E-state index contributed by atoms with van der Waals surface area (Å²) in [6.45, 7) is 13.6. The van der Waals surface area contributed by atoms with Gasteiger partial charge in [0.2, 0.25) is 5.91 Å². The summed E-state index contributed by atoms with van der Waals surface area (Å²) in [5.41, 5.74) is 4.07. The van der Waals surface area contributed by atoms with E-state index in [1.165, 1.54) is 0 Å². The zero-order valence-electron chi connectivity index (χ0n) is 16.7. The van der Waals surface area contributed by atoms with Crippen LogP contribution in [0.2, 0.25) is 0 Å². The van der Waals surface area contributed by atoms with E-state index in [0.29, 0.717) is 19.7 Å². The van der Waals surface area contributed by atoms with Gasteiger partial charge >= 0.3 is 0 Å². The van der Waals surface area contributed by atoms with E-state index >= 15 is 0 Å². The van der Waals surface area contributed by atoms with Gasteiger partial charge in [0, 0.05) is 18.3 Å². The molecule has 3 rings (SSSR count). The number of aryl methyl sites for hydroxylation is 2. The SMILES string of the molecule is CC.Cc1cn(-c2ccc3c(c2)OCCN3CC(=O)NC(C)C)nc1C. The number of carbonyl (C=O) groups excluding carboxylic acids is 1. The van der Waals surface area contributed by atoms with Crippen LogP contribution >= 0.6 is 0 Å². The highest BCUT2D eigenvalue weighted by Crippen LogP contribution is 2.33. The number of nitrogens with zero attached hydrogens (tertiary/aromatic N) is 3. The third kappa shape index (κ3) is 4.56. The van der Waals surface area contributed by atoms with Gasteiger partial charge in [-0.3, -0.25) is 4.79 Å². The molecule has 0 radical (unpaired) electrons. The summed E-state index contributed by atoms with van der Waals surface area (Å²) in [4.78, 5) is 14.1. The van der Waals surface area contributed by atoms with Crippen LogP contribution in [0.5, 0.6) is 5.75 Å². The van der Waals surface area contributed by atoms with Gasteiger partial charge in [-0.2, -0.15) is 5.10 Å². The molecular weight excluding hydrogens is 328 g/mol. The molecule has 0 bridgehead atoms. The van der Waals surface area contributed by atoms with E-state index in [4.69, 9.17) is 4.74 Å². The van der Waals surface area contributed by atoms with Crippen molar-refractivity contribution >= 4 is 11.6 Å². The Kier molecular flexibility index (Phi) is 6.66. The predicted octanol–water partition coefficient (Wildman–Crippen LogP) is 3.24. The van der Waals surface area contributed by atoms with Crippen LogP contribution in [0.1, 0.15) is 39.0 Å². The Labute approximate surface area is 156 Å². The second-order valence-corrected chi connectivity index (χ2v) is 6.49. The second-order valence-electron chi connectivity index (χ2n) is 6.49. The zero-order chi connectivity index (χ0) is 19.3. The van der Waals surface area contributed by atoms with E-state index in [9.17, 15) is 4.79 Å². The first-order chi connectivity index (χ1) is 12.4. The average molecular weight is 358 g/mol. The number of anilines is 1. The fraction of sp³-hybridized carbons (Fsp3) is 0.500. The number of carbonyl (C=O) groups is 1. The van der Waals surface area contributed by atoms with Crippen molar-refractivity contribution in [3.8, 4) is 11.4 Å². The minimum Gasteiger partial charge on any atom is -0.489 e. The standard InChI is InChI=1S/C18H24N4O2.C2H6/c1-12(2)19-18(23)11-21-7-8-24-17-9-15(5-6-16(17)21)22-10-13(3)14(4)20-22;1-2/h5-6,9-10,12H,7-8,11H2,1-4H3,(H,19,23);1-2H3. The molecule has 0 aliphatic carbocycles. The molecule has 0 fully saturated rings. The van der Waals surface area contributed by atoms with Crippen LogP contribution in [0.15, 0.2) is 24.4 Å². The molecule has 142 valence electrons. The molecule has 2 heterocycles. The third-order valence-electron chi connectivity index (χ3n) is 4.10. The van der Waals surface area contributed by atoms with Crippen LogP contribution in [0.25, 0.3) is 5.69 Å². The highest BCUT2D eigenvalue weighted by Gasteiger charge is 2.21. The van der Waals surface area contributed by atoms with E-state index in [1.807, 2.05) is 70.6 Å². The first kappa shape index (κ1) is 19.8. The Morgan fingerprint density at radius 1 is 1.31 bits per heavy atom. The van der Waals surface area contributed by atoms with Gasteiger partial charge in [0.25, 0.3) is 0 Å². The molecule has 0 atom stereocenters. The lowest BCUT2D eigenvalue weighted by Gasteiger charge is -2.31. The molecule has 0 saturated carbocycles. The normalized spacial score (nSPS) is 12.8. The molecule has 6 nitrogen and oxygen atoms in total. The lowest BCUT2D eigenvalue weighted by atomic mass is 10.2. The second kappa shape index (κ2) is 8.74. The van der Waals surface area contributed by atoms with E-state index in [2.05, 4.69) is 15.3 Å². The lowest BCUT2D eigenvalue weighted by Crippen LogP contribution is -2.43. The van der Waals surface area contributed by atoms with Crippen molar-refractivity contribution in [2.45, 2.75) is 47.6 Å². The van der Waals surface area contributed by atoms with Gasteiger partial charge in [-0.05, 0) is 45.4 Å². The van der Waals surface area contributed by atoms with Crippen molar-refractivity contribution < 1.29 is 9.53 Å². The number of rotatable bonds is 4. The van der Waals surface area contributed by atoms with Crippen LogP contribution in [0, 0.1) is 13.8 Å². The number of amides is 1. The smallest absolute Gasteiger partial charge is 0.239 e. The zero-order valence-corrected chi connectivity index (χ0v) is 16.7. The molecule has 1 aliphatic heterocycles. The van der Waals surface area contributed by atoms with Gasteiger partial charge in [-0.15, -0.1) is 0 Å². The Morgan fingerprint density at radius 2 is 2.04 bits per heavy atom. The summed E-state index contributed by atoms with van der Waals surface area (Å²) >= 11 is 0. The van der Waals surface area contributed by atoms with Crippen LogP contribution in [0.4, 0.5) is 5.69 Å². The molecule has 6 heteroatoms. The highest BCUT2D eigenvalue weighted by molar-refractivity contribution is 5.82. The topological polar surface area (TPSA) is 59.4 Å². The Balaban J connectivity index is 0.00000117. The molecule has 0 saturated heterocycles. The van der Waals surface area contributed by atoms with Crippen molar-refractivity contribution in [3.05, 3.63) is 35.7 Å². The summed E-state index contributed by atoms with van der Waals surface area (Å²) in [7, 11) is 0. The molecule has 1 aromatic heterocycles. The molecule has 1 amide bonds. The summed E-state index contributed by atoms with van der Waals surface area (Å²) in [5, 5.41) is 7.44. The lowest BCUT2D eigenvalue weighted by molar-refractivity contribution is -0.120. The number of hydrogen-bond acceptors (Lipinski definition) is 4. The summed E-state index contributed by atoms with van der Waals surface area (Å²) in [6.07, 6.45) is 2.01. The minimum atomic E-state index is 0.0280. The van der Waals surface area contributed by atoms with E-state index in [1.54, 1.807) is 0 Å². The van der Waals surface area contributed by atoms with Crippen molar-refractivity contribution in [2.24, 2.45) is 0 Å². The highest BCUT2D eigenvalue weighted by atomic mass is 16.5. The van der Waals surface area contributed by atoms with Gasteiger partial charge in [0.1, 0.15) is 12.4 Å². The largest absolute Gasteiger partial charge is 0.489 e. The van der Waals surface area contributed by atoms with Crippen LogP contribution < -0.4 is 15.0 Å². The monoisotopic (exact) mass is 358 g/mol. The first-order valence-corrected chi connectivity index (χ1v) is 9.28. The number of benzene rings is 1. The predicted molar refractivity (Wildman–Crippen MR) is 105 cm³/mol. The average Bonchev–Trinajstić information content (AvgIpc) is 2.95. The van der Waals surface area contributed by atoms with E-state index < -0.39 is 0 Å². The number of hydrogen-bond donors (Lipinski definition) is 1. The minimum absolute atomic E-state index is 0.0280. The third-order valence-corrected chi connectivity index (χ3v) is 4.10. The quantitative estimate of drug-likeness (QED) is 0.911. The number of aromatic nitrogens is 2. The molecule has 2 aromatic rings. The van der Waals surface area contributed by atoms with Gasteiger partial charge in [-0.25, -0.2) is 4.68 Å². The number of nitrogens with one attached hydrogen (secondary N) is 1.